The zero-order valence-electron chi connectivity index (χ0n) is 19.5. The van der Waals surface area contributed by atoms with Crippen molar-refractivity contribution < 1.29 is 14.3 Å². The summed E-state index contributed by atoms with van der Waals surface area (Å²) in [7, 11) is 0. The number of nitrogens with zero attached hydrogens (tertiary/aromatic N) is 1. The molecule has 2 amide bonds. The summed E-state index contributed by atoms with van der Waals surface area (Å²) >= 11 is 6.19. The van der Waals surface area contributed by atoms with Crippen LogP contribution in [-0.2, 0) is 16.0 Å². The van der Waals surface area contributed by atoms with Crippen molar-refractivity contribution in [3.8, 4) is 0 Å². The van der Waals surface area contributed by atoms with Gasteiger partial charge in [-0.15, -0.1) is 0 Å². The van der Waals surface area contributed by atoms with E-state index < -0.39 is 12.0 Å². The molecule has 6 heteroatoms. The van der Waals surface area contributed by atoms with Crippen LogP contribution in [0.25, 0.3) is 0 Å². The third-order valence-electron chi connectivity index (χ3n) is 7.01. The van der Waals surface area contributed by atoms with Crippen LogP contribution in [0.1, 0.15) is 51.8 Å². The van der Waals surface area contributed by atoms with E-state index in [0.717, 1.165) is 30.4 Å². The van der Waals surface area contributed by atoms with Crippen LogP contribution in [0.4, 0.5) is 0 Å². The Kier molecular flexibility index (Phi) is 7.16. The number of fused-ring (bicyclic) bond motifs is 1. The van der Waals surface area contributed by atoms with Crippen LogP contribution >= 0.6 is 11.6 Å². The molecule has 1 saturated heterocycles. The topological polar surface area (TPSA) is 58.6 Å². The summed E-state index contributed by atoms with van der Waals surface area (Å²) in [6.07, 6.45) is 2.25. The van der Waals surface area contributed by atoms with Gasteiger partial charge in [-0.3, -0.25) is 9.59 Å². The lowest BCUT2D eigenvalue weighted by Gasteiger charge is -2.46. The molecule has 2 heterocycles. The van der Waals surface area contributed by atoms with E-state index in [9.17, 15) is 9.59 Å². The molecular formula is C29H29ClN2O3. The lowest BCUT2D eigenvalue weighted by molar-refractivity contribution is -0.124. The van der Waals surface area contributed by atoms with E-state index in [-0.39, 0.29) is 17.9 Å². The minimum absolute atomic E-state index is 0.00454. The van der Waals surface area contributed by atoms with Crippen LogP contribution < -0.4 is 5.32 Å². The van der Waals surface area contributed by atoms with Gasteiger partial charge in [-0.05, 0) is 54.2 Å². The van der Waals surface area contributed by atoms with Gasteiger partial charge in [0.2, 0.25) is 5.91 Å². The molecule has 2 atom stereocenters. The van der Waals surface area contributed by atoms with Crippen LogP contribution in [0, 0.1) is 0 Å². The summed E-state index contributed by atoms with van der Waals surface area (Å²) < 4.78 is 5.59. The largest absolute Gasteiger partial charge is 0.381 e. The van der Waals surface area contributed by atoms with Gasteiger partial charge in [0.15, 0.2) is 0 Å². The number of benzene rings is 3. The van der Waals surface area contributed by atoms with Crippen LogP contribution in [-0.4, -0.2) is 42.5 Å². The fraction of sp³-hybridized carbons (Fsp3) is 0.310. The highest BCUT2D eigenvalue weighted by Crippen LogP contribution is 2.45. The quantitative estimate of drug-likeness (QED) is 0.521. The predicted octanol–water partition coefficient (Wildman–Crippen LogP) is 5.16. The van der Waals surface area contributed by atoms with E-state index in [1.165, 1.54) is 5.56 Å². The normalized spacial score (nSPS) is 20.4. The van der Waals surface area contributed by atoms with Crippen LogP contribution in [0.3, 0.4) is 0 Å². The number of hydrogen-bond donors (Lipinski definition) is 1. The van der Waals surface area contributed by atoms with Crippen LogP contribution in [0.5, 0.6) is 0 Å². The number of amides is 2. The summed E-state index contributed by atoms with van der Waals surface area (Å²) in [5.41, 5.74) is 3.46. The summed E-state index contributed by atoms with van der Waals surface area (Å²) in [4.78, 5) is 29.6. The molecule has 3 aromatic carbocycles. The molecule has 0 aromatic heterocycles. The molecular weight excluding hydrogens is 460 g/mol. The molecule has 5 nitrogen and oxygen atoms in total. The first-order valence-electron chi connectivity index (χ1n) is 12.2. The monoisotopic (exact) mass is 488 g/mol. The highest BCUT2D eigenvalue weighted by molar-refractivity contribution is 6.30. The molecule has 5 rings (SSSR count). The second-order valence-corrected chi connectivity index (χ2v) is 9.58. The molecule has 1 N–H and O–H groups in total. The Bertz CT molecular complexity index is 1180. The minimum Gasteiger partial charge on any atom is -0.381 e. The Morgan fingerprint density at radius 2 is 1.63 bits per heavy atom. The number of ether oxygens (including phenoxy) is 1. The Labute approximate surface area is 211 Å². The van der Waals surface area contributed by atoms with E-state index in [2.05, 4.69) is 17.4 Å². The van der Waals surface area contributed by atoms with Crippen molar-refractivity contribution in [2.45, 2.75) is 37.3 Å². The Hall–Kier alpha value is -3.15. The van der Waals surface area contributed by atoms with Gasteiger partial charge >= 0.3 is 0 Å². The van der Waals surface area contributed by atoms with Crippen LogP contribution in [0.15, 0.2) is 78.9 Å². The predicted molar refractivity (Wildman–Crippen MR) is 137 cm³/mol. The molecule has 0 unspecified atom stereocenters. The van der Waals surface area contributed by atoms with E-state index in [4.69, 9.17) is 16.3 Å². The second kappa shape index (κ2) is 10.6. The number of nitrogens with one attached hydrogen (secondary N) is 1. The second-order valence-electron chi connectivity index (χ2n) is 9.14. The molecule has 0 bridgehead atoms. The molecule has 0 radical (unpaired) electrons. The maximum atomic E-state index is 13.9. The van der Waals surface area contributed by atoms with Crippen molar-refractivity contribution in [2.75, 3.05) is 19.8 Å². The Morgan fingerprint density at radius 1 is 0.943 bits per heavy atom. The Balaban J connectivity index is 1.52. The number of carbonyl (C=O) groups excluding carboxylic acids is 2. The maximum Gasteiger partial charge on any atom is 0.254 e. The van der Waals surface area contributed by atoms with Gasteiger partial charge in [0.05, 0.1) is 12.0 Å². The van der Waals surface area contributed by atoms with Gasteiger partial charge in [0.25, 0.3) is 5.91 Å². The summed E-state index contributed by atoms with van der Waals surface area (Å²) in [5, 5.41) is 3.79. The first-order valence-corrected chi connectivity index (χ1v) is 12.6. The molecule has 0 aliphatic carbocycles. The number of halogens is 1. The van der Waals surface area contributed by atoms with Crippen molar-refractivity contribution in [3.05, 3.63) is 106 Å². The molecule has 35 heavy (non-hydrogen) atoms. The molecule has 180 valence electrons. The summed E-state index contributed by atoms with van der Waals surface area (Å²) in [6, 6.07) is 24.7. The SMILES string of the molecule is O=C(NCCc1ccccc1)[C@@H]1c2ccccc2C(=O)N(C2CCOCC2)[C@H]1c1ccc(Cl)cc1. The van der Waals surface area contributed by atoms with E-state index in [0.29, 0.717) is 30.3 Å². The van der Waals surface area contributed by atoms with Gasteiger partial charge in [-0.1, -0.05) is 72.3 Å². The van der Waals surface area contributed by atoms with Crippen molar-refractivity contribution in [3.63, 3.8) is 0 Å². The molecule has 0 spiro atoms. The highest BCUT2D eigenvalue weighted by atomic mass is 35.5. The average Bonchev–Trinajstić information content (AvgIpc) is 2.90. The van der Waals surface area contributed by atoms with E-state index >= 15 is 0 Å². The molecule has 2 aliphatic heterocycles. The first-order chi connectivity index (χ1) is 17.1. The van der Waals surface area contributed by atoms with Crippen LogP contribution in [0.2, 0.25) is 5.02 Å². The first kappa shape index (κ1) is 23.6. The van der Waals surface area contributed by atoms with Gasteiger partial charge < -0.3 is 15.0 Å². The average molecular weight is 489 g/mol. The van der Waals surface area contributed by atoms with Gasteiger partial charge in [0.1, 0.15) is 0 Å². The zero-order chi connectivity index (χ0) is 24.2. The summed E-state index contributed by atoms with van der Waals surface area (Å²) in [5.74, 6) is -0.623. The van der Waals surface area contributed by atoms with Gasteiger partial charge in [0, 0.05) is 36.4 Å². The van der Waals surface area contributed by atoms with Crippen molar-refractivity contribution in [1.29, 1.82) is 0 Å². The van der Waals surface area contributed by atoms with Crippen molar-refractivity contribution >= 4 is 23.4 Å². The van der Waals surface area contributed by atoms with E-state index in [1.807, 2.05) is 71.6 Å². The molecule has 1 fully saturated rings. The molecule has 2 aliphatic rings. The summed E-state index contributed by atoms with van der Waals surface area (Å²) in [6.45, 7) is 1.74. The third kappa shape index (κ3) is 4.97. The fourth-order valence-electron chi connectivity index (χ4n) is 5.30. The smallest absolute Gasteiger partial charge is 0.254 e. The molecule has 0 saturated carbocycles. The lowest BCUT2D eigenvalue weighted by Crippen LogP contribution is -2.52. The third-order valence-corrected chi connectivity index (χ3v) is 7.26. The number of rotatable bonds is 6. The van der Waals surface area contributed by atoms with Crippen molar-refractivity contribution in [1.82, 2.24) is 10.2 Å². The number of carbonyl (C=O) groups is 2. The zero-order valence-corrected chi connectivity index (χ0v) is 20.3. The molecule has 3 aromatic rings. The van der Waals surface area contributed by atoms with E-state index in [1.54, 1.807) is 0 Å². The van der Waals surface area contributed by atoms with Crippen molar-refractivity contribution in [2.24, 2.45) is 0 Å². The standard InChI is InChI=1S/C29H29ClN2O3/c30-22-12-10-21(11-13-22)27-26(28(33)31-17-14-20-6-2-1-3-7-20)24-8-4-5-9-25(24)29(34)32(27)23-15-18-35-19-16-23/h1-13,23,26-27H,14-19H2,(H,31,33)/t26-,27+/m1/s1. The minimum atomic E-state index is -0.524. The lowest BCUT2D eigenvalue weighted by atomic mass is 9.78. The Morgan fingerprint density at radius 3 is 2.37 bits per heavy atom. The maximum absolute atomic E-state index is 13.9. The van der Waals surface area contributed by atoms with Gasteiger partial charge in [-0.25, -0.2) is 0 Å². The highest BCUT2D eigenvalue weighted by Gasteiger charge is 2.46. The number of hydrogen-bond acceptors (Lipinski definition) is 3. The fourth-order valence-corrected chi connectivity index (χ4v) is 5.42. The van der Waals surface area contributed by atoms with Gasteiger partial charge in [-0.2, -0.15) is 0 Å².